The summed E-state index contributed by atoms with van der Waals surface area (Å²) in [4.78, 5) is 16.4. The van der Waals surface area contributed by atoms with E-state index in [1.165, 1.54) is 11.8 Å². The van der Waals surface area contributed by atoms with Crippen LogP contribution in [-0.4, -0.2) is 31.4 Å². The second kappa shape index (κ2) is 9.05. The molecule has 0 saturated heterocycles. The summed E-state index contributed by atoms with van der Waals surface area (Å²) in [6, 6.07) is 14.4. The highest BCUT2D eigenvalue weighted by Gasteiger charge is 2.17. The van der Waals surface area contributed by atoms with E-state index in [2.05, 4.69) is 20.5 Å². The molecule has 6 nitrogen and oxygen atoms in total. The van der Waals surface area contributed by atoms with E-state index in [1.54, 1.807) is 12.4 Å². The predicted molar refractivity (Wildman–Crippen MR) is 115 cm³/mol. The first-order valence-corrected chi connectivity index (χ1v) is 10.3. The molecule has 156 valence electrons. The molecule has 1 N–H and O–H groups in total. The molecule has 0 radical (unpaired) electrons. The first-order chi connectivity index (χ1) is 15.0. The van der Waals surface area contributed by atoms with E-state index in [9.17, 15) is 13.6 Å². The number of rotatable bonds is 6. The van der Waals surface area contributed by atoms with E-state index in [-0.39, 0.29) is 11.4 Å². The minimum Gasteiger partial charge on any atom is -0.325 e. The Balaban J connectivity index is 1.58. The third-order valence-corrected chi connectivity index (χ3v) is 5.27. The summed E-state index contributed by atoms with van der Waals surface area (Å²) in [5, 5.41) is 11.6. The van der Waals surface area contributed by atoms with Crippen molar-refractivity contribution in [3.05, 3.63) is 84.2 Å². The van der Waals surface area contributed by atoms with Crippen LogP contribution in [0.2, 0.25) is 0 Å². The van der Waals surface area contributed by atoms with Crippen LogP contribution in [-0.2, 0) is 4.79 Å². The van der Waals surface area contributed by atoms with E-state index in [4.69, 9.17) is 0 Å². The Bertz CT molecular complexity index is 1190. The summed E-state index contributed by atoms with van der Waals surface area (Å²) in [7, 11) is 0. The number of hydrogen-bond acceptors (Lipinski definition) is 5. The maximum Gasteiger partial charge on any atom is 0.234 e. The van der Waals surface area contributed by atoms with E-state index in [0.29, 0.717) is 11.0 Å². The number of thioether (sulfide) groups is 1. The molecule has 0 unspecified atom stereocenters. The topological polar surface area (TPSA) is 72.7 Å². The van der Waals surface area contributed by atoms with Crippen LogP contribution in [0.3, 0.4) is 0 Å². The minimum atomic E-state index is -0.760. The first-order valence-electron chi connectivity index (χ1n) is 9.31. The monoisotopic (exact) mass is 437 g/mol. The highest BCUT2D eigenvalue weighted by molar-refractivity contribution is 7.99. The van der Waals surface area contributed by atoms with Gasteiger partial charge < -0.3 is 5.32 Å². The minimum absolute atomic E-state index is 0.0154. The second-order valence-corrected chi connectivity index (χ2v) is 7.65. The summed E-state index contributed by atoms with van der Waals surface area (Å²) >= 11 is 1.17. The molecule has 2 heterocycles. The highest BCUT2D eigenvalue weighted by Crippen LogP contribution is 2.28. The molecular weight excluding hydrogens is 420 g/mol. The maximum absolute atomic E-state index is 13.3. The Kier molecular flexibility index (Phi) is 6.03. The number of pyridine rings is 1. The molecule has 0 aliphatic carbocycles. The van der Waals surface area contributed by atoms with Gasteiger partial charge in [0.1, 0.15) is 11.6 Å². The van der Waals surface area contributed by atoms with Gasteiger partial charge in [-0.1, -0.05) is 29.5 Å². The van der Waals surface area contributed by atoms with Gasteiger partial charge in [-0.05, 0) is 43.3 Å². The smallest absolute Gasteiger partial charge is 0.234 e. The summed E-state index contributed by atoms with van der Waals surface area (Å²) in [6.45, 7) is 2.00. The fourth-order valence-corrected chi connectivity index (χ4v) is 3.68. The van der Waals surface area contributed by atoms with Gasteiger partial charge in [0, 0.05) is 35.4 Å². The predicted octanol–water partition coefficient (Wildman–Crippen LogP) is 4.65. The summed E-state index contributed by atoms with van der Waals surface area (Å²) in [6.07, 6.45) is 3.34. The van der Waals surface area contributed by atoms with Crippen LogP contribution in [0.1, 0.15) is 5.56 Å². The van der Waals surface area contributed by atoms with Gasteiger partial charge in [-0.2, -0.15) is 0 Å². The van der Waals surface area contributed by atoms with Crippen molar-refractivity contribution in [2.24, 2.45) is 0 Å². The summed E-state index contributed by atoms with van der Waals surface area (Å²) in [5.74, 6) is -1.34. The summed E-state index contributed by atoms with van der Waals surface area (Å²) < 4.78 is 28.5. The molecule has 0 bridgehead atoms. The Morgan fingerprint density at radius 2 is 1.68 bits per heavy atom. The molecule has 0 atom stereocenters. The van der Waals surface area contributed by atoms with E-state index < -0.39 is 17.5 Å². The first kappa shape index (κ1) is 20.7. The molecular formula is C22H17F2N5OS. The van der Waals surface area contributed by atoms with Gasteiger partial charge in [-0.15, -0.1) is 10.2 Å². The van der Waals surface area contributed by atoms with Crippen molar-refractivity contribution >= 4 is 23.4 Å². The van der Waals surface area contributed by atoms with E-state index in [1.807, 2.05) is 47.9 Å². The van der Waals surface area contributed by atoms with Crippen molar-refractivity contribution in [1.82, 2.24) is 19.7 Å². The molecule has 9 heteroatoms. The highest BCUT2D eigenvalue weighted by atomic mass is 32.2. The number of benzene rings is 2. The van der Waals surface area contributed by atoms with Gasteiger partial charge in [0.05, 0.1) is 5.75 Å². The molecule has 0 spiro atoms. The Morgan fingerprint density at radius 3 is 2.35 bits per heavy atom. The quantitative estimate of drug-likeness (QED) is 0.445. The van der Waals surface area contributed by atoms with Crippen molar-refractivity contribution in [3.63, 3.8) is 0 Å². The molecule has 0 aliphatic rings. The number of nitrogens with zero attached hydrogens (tertiary/aromatic N) is 4. The number of carbonyl (C=O) groups is 1. The van der Waals surface area contributed by atoms with Gasteiger partial charge in [0.2, 0.25) is 5.91 Å². The van der Waals surface area contributed by atoms with E-state index in [0.717, 1.165) is 35.0 Å². The number of halogens is 2. The maximum atomic E-state index is 13.3. The second-order valence-electron chi connectivity index (χ2n) is 6.71. The third kappa shape index (κ3) is 4.95. The number of anilines is 1. The van der Waals surface area contributed by atoms with Crippen LogP contribution in [0.15, 0.2) is 72.1 Å². The number of aryl methyl sites for hydroxylation is 1. The Morgan fingerprint density at radius 1 is 1.00 bits per heavy atom. The van der Waals surface area contributed by atoms with Crippen molar-refractivity contribution < 1.29 is 13.6 Å². The number of carbonyl (C=O) groups excluding carboxylic acids is 1. The zero-order chi connectivity index (χ0) is 21.8. The average molecular weight is 437 g/mol. The summed E-state index contributed by atoms with van der Waals surface area (Å²) in [5.41, 5.74) is 2.84. The fourth-order valence-electron chi connectivity index (χ4n) is 2.93. The number of amides is 1. The van der Waals surface area contributed by atoms with Crippen molar-refractivity contribution in [1.29, 1.82) is 0 Å². The van der Waals surface area contributed by atoms with Crippen LogP contribution in [0, 0.1) is 18.6 Å². The lowest BCUT2D eigenvalue weighted by Crippen LogP contribution is -2.15. The fraction of sp³-hybridized carbons (Fsp3) is 0.0909. The van der Waals surface area contributed by atoms with Crippen LogP contribution in [0.5, 0.6) is 0 Å². The molecule has 2 aromatic carbocycles. The largest absolute Gasteiger partial charge is 0.325 e. The molecule has 0 saturated carbocycles. The van der Waals surface area contributed by atoms with Crippen molar-refractivity contribution in [2.75, 3.05) is 11.1 Å². The molecule has 0 aliphatic heterocycles. The zero-order valence-electron chi connectivity index (χ0n) is 16.4. The molecule has 31 heavy (non-hydrogen) atoms. The SMILES string of the molecule is Cc1ccc(-n2c(SCC(=O)Nc3cc(F)cc(F)c3)nnc2-c2ccncc2)cc1. The lowest BCUT2D eigenvalue weighted by Gasteiger charge is -2.11. The third-order valence-electron chi connectivity index (χ3n) is 4.34. The standard InChI is InChI=1S/C22H17F2N5OS/c1-14-2-4-19(5-3-14)29-21(15-6-8-25-9-7-15)27-28-22(29)31-13-20(30)26-18-11-16(23)10-17(24)12-18/h2-12H,13H2,1H3,(H,26,30). The molecule has 1 amide bonds. The van der Waals surface area contributed by atoms with Crippen molar-refractivity contribution in [3.8, 4) is 17.1 Å². The van der Waals surface area contributed by atoms with Crippen LogP contribution in [0.25, 0.3) is 17.1 Å². The number of aromatic nitrogens is 4. The van der Waals surface area contributed by atoms with Crippen LogP contribution >= 0.6 is 11.8 Å². The normalized spacial score (nSPS) is 10.8. The average Bonchev–Trinajstić information content (AvgIpc) is 3.17. The molecule has 4 aromatic rings. The lowest BCUT2D eigenvalue weighted by molar-refractivity contribution is -0.113. The van der Waals surface area contributed by atoms with Gasteiger partial charge in [-0.3, -0.25) is 14.3 Å². The number of hydrogen-bond donors (Lipinski definition) is 1. The number of nitrogens with one attached hydrogen (secondary N) is 1. The van der Waals surface area contributed by atoms with Gasteiger partial charge in [0.25, 0.3) is 0 Å². The van der Waals surface area contributed by atoms with Gasteiger partial charge >= 0.3 is 0 Å². The van der Waals surface area contributed by atoms with Gasteiger partial charge in [-0.25, -0.2) is 8.78 Å². The molecule has 0 fully saturated rings. The van der Waals surface area contributed by atoms with Crippen LogP contribution in [0.4, 0.5) is 14.5 Å². The molecule has 2 aromatic heterocycles. The van der Waals surface area contributed by atoms with E-state index >= 15 is 0 Å². The molecule has 4 rings (SSSR count). The van der Waals surface area contributed by atoms with Gasteiger partial charge in [0.15, 0.2) is 11.0 Å². The lowest BCUT2D eigenvalue weighted by atomic mass is 10.2. The Hall–Kier alpha value is -3.59. The van der Waals surface area contributed by atoms with Crippen LogP contribution < -0.4 is 5.32 Å². The van der Waals surface area contributed by atoms with Crippen molar-refractivity contribution in [2.45, 2.75) is 12.1 Å². The zero-order valence-corrected chi connectivity index (χ0v) is 17.2. The Labute approximate surface area is 181 Å².